The van der Waals surface area contributed by atoms with Crippen LogP contribution in [0.3, 0.4) is 0 Å². The van der Waals surface area contributed by atoms with Crippen LogP contribution in [0.5, 0.6) is 0 Å². The summed E-state index contributed by atoms with van der Waals surface area (Å²) in [5.41, 5.74) is 2.14. The van der Waals surface area contributed by atoms with Gasteiger partial charge in [-0.2, -0.15) is 0 Å². The normalized spacial score (nSPS) is 12.8. The Balaban J connectivity index is 1.50. The molecule has 1 aliphatic heterocycles. The molecular weight excluding hydrogens is 358 g/mol. The molecule has 1 aromatic carbocycles. The van der Waals surface area contributed by atoms with E-state index in [9.17, 15) is 14.4 Å². The number of para-hydroxylation sites is 2. The molecule has 0 radical (unpaired) electrons. The molecule has 0 unspecified atom stereocenters. The van der Waals surface area contributed by atoms with Gasteiger partial charge in [0.25, 0.3) is 0 Å². The van der Waals surface area contributed by atoms with Crippen LogP contribution in [-0.2, 0) is 20.9 Å². The molecule has 1 aromatic heterocycles. The maximum absolute atomic E-state index is 12.5. The smallest absolute Gasteiger partial charge is 0.244 e. The molecule has 2 heterocycles. The molecule has 2 N–H and O–H groups in total. The quantitative estimate of drug-likeness (QED) is 0.791. The highest BCUT2D eigenvalue weighted by atomic mass is 16.2. The van der Waals surface area contributed by atoms with Crippen LogP contribution in [0.4, 0.5) is 17.2 Å². The molecule has 0 fully saturated rings. The van der Waals surface area contributed by atoms with Gasteiger partial charge in [-0.1, -0.05) is 18.2 Å². The molecule has 1 aliphatic rings. The summed E-state index contributed by atoms with van der Waals surface area (Å²) < 4.78 is 0. The van der Waals surface area contributed by atoms with E-state index in [-0.39, 0.29) is 37.1 Å². The third-order valence-electron chi connectivity index (χ3n) is 4.39. The van der Waals surface area contributed by atoms with Gasteiger partial charge in [-0.25, -0.2) is 4.98 Å². The van der Waals surface area contributed by atoms with E-state index in [4.69, 9.17) is 0 Å². The molecule has 0 bridgehead atoms. The van der Waals surface area contributed by atoms with Crippen molar-refractivity contribution in [2.24, 2.45) is 0 Å². The van der Waals surface area contributed by atoms with Crippen molar-refractivity contribution in [3.05, 3.63) is 48.2 Å². The van der Waals surface area contributed by atoms with Crippen molar-refractivity contribution in [2.45, 2.75) is 19.4 Å². The van der Waals surface area contributed by atoms with Gasteiger partial charge in [-0.05, 0) is 23.8 Å². The van der Waals surface area contributed by atoms with E-state index < -0.39 is 0 Å². The molecule has 146 valence electrons. The maximum Gasteiger partial charge on any atom is 0.244 e. The SMILES string of the molecule is CN(C)c1ccc(CNC(=O)CCC(=O)N2CC(=O)Nc3ccccc32)cn1. The second-order valence-electron chi connectivity index (χ2n) is 6.74. The summed E-state index contributed by atoms with van der Waals surface area (Å²) >= 11 is 0. The first-order chi connectivity index (χ1) is 13.4. The summed E-state index contributed by atoms with van der Waals surface area (Å²) in [6, 6.07) is 10.9. The largest absolute Gasteiger partial charge is 0.363 e. The fourth-order valence-electron chi connectivity index (χ4n) is 2.89. The van der Waals surface area contributed by atoms with Crippen molar-refractivity contribution in [3.8, 4) is 0 Å². The molecule has 28 heavy (non-hydrogen) atoms. The predicted molar refractivity (Wildman–Crippen MR) is 107 cm³/mol. The van der Waals surface area contributed by atoms with Crippen LogP contribution in [0.1, 0.15) is 18.4 Å². The summed E-state index contributed by atoms with van der Waals surface area (Å²) in [4.78, 5) is 44.1. The lowest BCUT2D eigenvalue weighted by Gasteiger charge is -2.29. The lowest BCUT2D eigenvalue weighted by molar-refractivity contribution is -0.125. The molecule has 0 spiro atoms. The third kappa shape index (κ3) is 4.64. The summed E-state index contributed by atoms with van der Waals surface area (Å²) in [6.45, 7) is 0.310. The highest BCUT2D eigenvalue weighted by Crippen LogP contribution is 2.29. The molecule has 2 aromatic rings. The first-order valence-corrected chi connectivity index (χ1v) is 9.02. The van der Waals surface area contributed by atoms with E-state index in [0.29, 0.717) is 17.9 Å². The number of pyridine rings is 1. The maximum atomic E-state index is 12.5. The minimum atomic E-state index is -0.255. The fraction of sp³-hybridized carbons (Fsp3) is 0.300. The van der Waals surface area contributed by atoms with Gasteiger partial charge in [-0.15, -0.1) is 0 Å². The highest BCUT2D eigenvalue weighted by molar-refractivity contribution is 6.10. The molecule has 8 heteroatoms. The Bertz CT molecular complexity index is 880. The minimum Gasteiger partial charge on any atom is -0.363 e. The van der Waals surface area contributed by atoms with E-state index in [0.717, 1.165) is 11.4 Å². The van der Waals surface area contributed by atoms with Gasteiger partial charge in [0.15, 0.2) is 0 Å². The first kappa shape index (κ1) is 19.3. The number of carbonyl (C=O) groups is 3. The number of fused-ring (bicyclic) bond motifs is 1. The van der Waals surface area contributed by atoms with E-state index in [2.05, 4.69) is 15.6 Å². The van der Waals surface area contributed by atoms with Gasteiger partial charge in [0, 0.05) is 39.7 Å². The molecule has 0 saturated heterocycles. The Labute approximate surface area is 163 Å². The van der Waals surface area contributed by atoms with Crippen LogP contribution in [0.2, 0.25) is 0 Å². The first-order valence-electron chi connectivity index (χ1n) is 9.02. The number of nitrogens with one attached hydrogen (secondary N) is 2. The second kappa shape index (κ2) is 8.51. The molecule has 0 aliphatic carbocycles. The zero-order chi connectivity index (χ0) is 20.1. The average Bonchev–Trinajstić information content (AvgIpc) is 2.70. The van der Waals surface area contributed by atoms with Crippen molar-refractivity contribution >= 4 is 34.9 Å². The number of hydrogen-bond donors (Lipinski definition) is 2. The van der Waals surface area contributed by atoms with Crippen molar-refractivity contribution in [1.29, 1.82) is 0 Å². The molecule has 3 rings (SSSR count). The average molecular weight is 381 g/mol. The summed E-state index contributed by atoms with van der Waals surface area (Å²) in [5.74, 6) is 0.117. The van der Waals surface area contributed by atoms with Crippen LogP contribution in [0.15, 0.2) is 42.6 Å². The van der Waals surface area contributed by atoms with Gasteiger partial charge in [0.1, 0.15) is 12.4 Å². The van der Waals surface area contributed by atoms with Gasteiger partial charge in [0.2, 0.25) is 17.7 Å². The summed E-state index contributed by atoms with van der Waals surface area (Å²) in [5, 5.41) is 5.53. The van der Waals surface area contributed by atoms with Crippen LogP contribution >= 0.6 is 0 Å². The van der Waals surface area contributed by atoms with E-state index in [1.807, 2.05) is 31.1 Å². The van der Waals surface area contributed by atoms with Gasteiger partial charge in [0.05, 0.1) is 11.4 Å². The Morgan fingerprint density at radius 1 is 1.18 bits per heavy atom. The topological polar surface area (TPSA) is 94.6 Å². The lowest BCUT2D eigenvalue weighted by Crippen LogP contribution is -2.42. The predicted octanol–water partition coefficient (Wildman–Crippen LogP) is 1.53. The van der Waals surface area contributed by atoms with Crippen molar-refractivity contribution < 1.29 is 14.4 Å². The Hall–Kier alpha value is -3.42. The van der Waals surface area contributed by atoms with Crippen molar-refractivity contribution in [3.63, 3.8) is 0 Å². The van der Waals surface area contributed by atoms with Crippen molar-refractivity contribution in [2.75, 3.05) is 35.8 Å². The number of hydrogen-bond acceptors (Lipinski definition) is 5. The van der Waals surface area contributed by atoms with Gasteiger partial charge < -0.3 is 20.4 Å². The zero-order valence-electron chi connectivity index (χ0n) is 15.9. The lowest BCUT2D eigenvalue weighted by atomic mass is 10.1. The number of nitrogens with zero attached hydrogens (tertiary/aromatic N) is 3. The highest BCUT2D eigenvalue weighted by Gasteiger charge is 2.26. The van der Waals surface area contributed by atoms with E-state index in [1.54, 1.807) is 30.5 Å². The van der Waals surface area contributed by atoms with Gasteiger partial charge >= 0.3 is 0 Å². The Kier molecular flexibility index (Phi) is 5.88. The molecule has 8 nitrogen and oxygen atoms in total. The molecule has 0 saturated carbocycles. The molecular formula is C20H23N5O3. The number of rotatable bonds is 6. The zero-order valence-corrected chi connectivity index (χ0v) is 15.9. The number of amides is 3. The van der Waals surface area contributed by atoms with E-state index >= 15 is 0 Å². The molecule has 3 amide bonds. The van der Waals surface area contributed by atoms with Crippen molar-refractivity contribution in [1.82, 2.24) is 10.3 Å². The standard InChI is InChI=1S/C20H23N5O3/c1-24(2)17-8-7-14(11-21-17)12-22-18(26)9-10-20(28)25-13-19(27)23-15-5-3-4-6-16(15)25/h3-8,11H,9-10,12-13H2,1-2H3,(H,22,26)(H,23,27). The number of anilines is 3. The van der Waals surface area contributed by atoms with E-state index in [1.165, 1.54) is 4.90 Å². The van der Waals surface area contributed by atoms with Crippen LogP contribution < -0.4 is 20.4 Å². The van der Waals surface area contributed by atoms with Gasteiger partial charge in [-0.3, -0.25) is 14.4 Å². The number of aromatic nitrogens is 1. The van der Waals surface area contributed by atoms with Crippen LogP contribution in [-0.4, -0.2) is 43.3 Å². The van der Waals surface area contributed by atoms with Crippen LogP contribution in [0, 0.1) is 0 Å². The Morgan fingerprint density at radius 2 is 1.96 bits per heavy atom. The third-order valence-corrected chi connectivity index (χ3v) is 4.39. The van der Waals surface area contributed by atoms with Crippen LogP contribution in [0.25, 0.3) is 0 Å². The summed E-state index contributed by atoms with van der Waals surface area (Å²) in [7, 11) is 3.82. The minimum absolute atomic E-state index is 0.0330. The fourth-order valence-corrected chi connectivity index (χ4v) is 2.89. The molecule has 0 atom stereocenters. The Morgan fingerprint density at radius 3 is 2.68 bits per heavy atom. The second-order valence-corrected chi connectivity index (χ2v) is 6.74. The number of carbonyl (C=O) groups excluding carboxylic acids is 3. The monoisotopic (exact) mass is 381 g/mol. The number of benzene rings is 1. The summed E-state index contributed by atoms with van der Waals surface area (Å²) in [6.07, 6.45) is 1.80.